The van der Waals surface area contributed by atoms with Crippen LogP contribution < -0.4 is 0 Å². The molecule has 0 N–H and O–H groups in total. The molecule has 0 aliphatic carbocycles. The van der Waals surface area contributed by atoms with E-state index in [1.54, 1.807) is 6.07 Å². The van der Waals surface area contributed by atoms with Gasteiger partial charge in [-0.1, -0.05) is 42.8 Å². The van der Waals surface area contributed by atoms with E-state index in [0.717, 1.165) is 4.47 Å². The van der Waals surface area contributed by atoms with Gasteiger partial charge in [-0.3, -0.25) is 0 Å². The number of halogens is 2. The number of hydrogen-bond donors (Lipinski definition) is 0. The van der Waals surface area contributed by atoms with Crippen molar-refractivity contribution in [3.63, 3.8) is 0 Å². The highest BCUT2D eigenvalue weighted by Gasteiger charge is 2.31. The lowest BCUT2D eigenvalue weighted by atomic mass is 9.84. The van der Waals surface area contributed by atoms with Crippen LogP contribution in [0.15, 0.2) is 22.7 Å². The fourth-order valence-electron chi connectivity index (χ4n) is 1.74. The van der Waals surface area contributed by atoms with Gasteiger partial charge in [0, 0.05) is 10.0 Å². The summed E-state index contributed by atoms with van der Waals surface area (Å²) in [6.07, 6.45) is -0.204. The first-order valence-corrected chi connectivity index (χ1v) is 9.40. The van der Waals surface area contributed by atoms with E-state index in [2.05, 4.69) is 49.8 Å². The van der Waals surface area contributed by atoms with E-state index >= 15 is 0 Å². The van der Waals surface area contributed by atoms with Crippen LogP contribution in [0, 0.1) is 11.2 Å². The van der Waals surface area contributed by atoms with Crippen LogP contribution >= 0.6 is 15.9 Å². The van der Waals surface area contributed by atoms with Crippen molar-refractivity contribution in [1.29, 1.82) is 0 Å². The molecule has 96 valence electrons. The lowest BCUT2D eigenvalue weighted by Crippen LogP contribution is -2.27. The van der Waals surface area contributed by atoms with Gasteiger partial charge in [-0.05, 0) is 30.6 Å². The summed E-state index contributed by atoms with van der Waals surface area (Å²) in [4.78, 5) is 0. The van der Waals surface area contributed by atoms with Gasteiger partial charge in [0.2, 0.25) is 0 Å². The first-order valence-electron chi connectivity index (χ1n) is 5.83. The first kappa shape index (κ1) is 14.9. The Morgan fingerprint density at radius 1 is 1.29 bits per heavy atom. The predicted molar refractivity (Wildman–Crippen MR) is 76.3 cm³/mol. The second kappa shape index (κ2) is 5.63. The highest BCUT2D eigenvalue weighted by atomic mass is 79.9. The third kappa shape index (κ3) is 3.90. The minimum atomic E-state index is -1.23. The molecule has 0 aromatic heterocycles. The van der Waals surface area contributed by atoms with Crippen LogP contribution in [0.1, 0.15) is 32.4 Å². The van der Waals surface area contributed by atoms with Crippen molar-refractivity contribution in [2.45, 2.75) is 40.0 Å². The molecule has 1 aromatic rings. The largest absolute Gasteiger partial charge is 0.413 e. The van der Waals surface area contributed by atoms with E-state index in [1.165, 1.54) is 6.07 Å². The van der Waals surface area contributed by atoms with Crippen molar-refractivity contribution < 1.29 is 8.82 Å². The molecule has 0 saturated carbocycles. The van der Waals surface area contributed by atoms with Crippen LogP contribution in [-0.2, 0) is 4.43 Å². The second-order valence-electron chi connectivity index (χ2n) is 5.57. The fraction of sp³-hybridized carbons (Fsp3) is 0.538. The second-order valence-corrected chi connectivity index (χ2v) is 8.79. The topological polar surface area (TPSA) is 9.23 Å². The number of rotatable bonds is 3. The Balaban J connectivity index is 3.22. The van der Waals surface area contributed by atoms with E-state index in [-0.39, 0.29) is 17.3 Å². The Morgan fingerprint density at radius 2 is 1.88 bits per heavy atom. The normalized spacial score (nSPS) is 14.1. The van der Waals surface area contributed by atoms with Crippen LogP contribution in [0.3, 0.4) is 0 Å². The zero-order chi connectivity index (χ0) is 13.2. The number of hydrogen-bond acceptors (Lipinski definition) is 1. The van der Waals surface area contributed by atoms with Crippen molar-refractivity contribution in [3.05, 3.63) is 34.1 Å². The monoisotopic (exact) mass is 318 g/mol. The molecule has 0 fully saturated rings. The summed E-state index contributed by atoms with van der Waals surface area (Å²) in [5.74, 6) is -0.200. The summed E-state index contributed by atoms with van der Waals surface area (Å²) in [5, 5.41) is 0. The van der Waals surface area contributed by atoms with Gasteiger partial charge < -0.3 is 4.43 Å². The van der Waals surface area contributed by atoms with Gasteiger partial charge in [0.1, 0.15) is 5.82 Å². The third-order valence-corrected chi connectivity index (χ3v) is 3.96. The van der Waals surface area contributed by atoms with Crippen LogP contribution in [0.4, 0.5) is 4.39 Å². The number of benzene rings is 1. The van der Waals surface area contributed by atoms with Crippen molar-refractivity contribution in [2.75, 3.05) is 0 Å². The Labute approximate surface area is 113 Å². The molecule has 17 heavy (non-hydrogen) atoms. The molecule has 0 amide bonds. The van der Waals surface area contributed by atoms with Crippen molar-refractivity contribution in [2.24, 2.45) is 5.41 Å². The van der Waals surface area contributed by atoms with Gasteiger partial charge in [0.15, 0.2) is 9.04 Å². The molecule has 0 radical (unpaired) electrons. The summed E-state index contributed by atoms with van der Waals surface area (Å²) in [6, 6.07) is 5.06. The Kier molecular flexibility index (Phi) is 4.92. The van der Waals surface area contributed by atoms with Crippen LogP contribution in [-0.4, -0.2) is 9.04 Å². The SMILES string of the molecule is C[SiH](C)OC(c1c(F)cccc1Br)C(C)(C)C. The molecule has 1 atom stereocenters. The molecule has 0 spiro atoms. The van der Waals surface area contributed by atoms with E-state index in [0.29, 0.717) is 5.56 Å². The van der Waals surface area contributed by atoms with E-state index in [1.807, 2.05) is 6.07 Å². The van der Waals surface area contributed by atoms with E-state index in [9.17, 15) is 4.39 Å². The molecule has 1 aromatic carbocycles. The highest BCUT2D eigenvalue weighted by molar-refractivity contribution is 9.10. The van der Waals surface area contributed by atoms with Gasteiger partial charge in [-0.2, -0.15) is 0 Å². The van der Waals surface area contributed by atoms with Crippen LogP contribution in [0.5, 0.6) is 0 Å². The Bertz CT molecular complexity index is 367. The molecule has 0 heterocycles. The Hall–Kier alpha value is -0.193. The van der Waals surface area contributed by atoms with E-state index in [4.69, 9.17) is 4.43 Å². The summed E-state index contributed by atoms with van der Waals surface area (Å²) >= 11 is 3.43. The van der Waals surface area contributed by atoms with Gasteiger partial charge in [-0.15, -0.1) is 0 Å². The maximum absolute atomic E-state index is 14.0. The fourth-order valence-corrected chi connectivity index (χ4v) is 3.38. The van der Waals surface area contributed by atoms with Crippen LogP contribution in [0.2, 0.25) is 13.1 Å². The Morgan fingerprint density at radius 3 is 2.29 bits per heavy atom. The molecular weight excluding hydrogens is 299 g/mol. The lowest BCUT2D eigenvalue weighted by Gasteiger charge is -2.33. The zero-order valence-electron chi connectivity index (χ0n) is 11.1. The molecule has 0 aliphatic heterocycles. The summed E-state index contributed by atoms with van der Waals surface area (Å²) in [5.41, 5.74) is 0.517. The summed E-state index contributed by atoms with van der Waals surface area (Å²) in [7, 11) is -1.23. The maximum Gasteiger partial charge on any atom is 0.171 e. The van der Waals surface area contributed by atoms with E-state index < -0.39 is 9.04 Å². The highest BCUT2D eigenvalue weighted by Crippen LogP contribution is 2.40. The smallest absolute Gasteiger partial charge is 0.171 e. The maximum atomic E-state index is 14.0. The summed E-state index contributed by atoms with van der Waals surface area (Å²) < 4.78 is 20.8. The molecule has 1 rings (SSSR count). The molecule has 0 saturated heterocycles. The lowest BCUT2D eigenvalue weighted by molar-refractivity contribution is 0.0825. The first-order chi connectivity index (χ1) is 7.73. The van der Waals surface area contributed by atoms with Crippen LogP contribution in [0.25, 0.3) is 0 Å². The summed E-state index contributed by atoms with van der Waals surface area (Å²) in [6.45, 7) is 10.4. The van der Waals surface area contributed by atoms with Gasteiger partial charge in [0.05, 0.1) is 6.10 Å². The average molecular weight is 319 g/mol. The van der Waals surface area contributed by atoms with Crippen molar-refractivity contribution in [1.82, 2.24) is 0 Å². The molecular formula is C13H20BrFOSi. The molecule has 0 aliphatic rings. The van der Waals surface area contributed by atoms with Gasteiger partial charge >= 0.3 is 0 Å². The van der Waals surface area contributed by atoms with Gasteiger partial charge in [0.25, 0.3) is 0 Å². The minimum Gasteiger partial charge on any atom is -0.413 e. The predicted octanol–water partition coefficient (Wildman–Crippen LogP) is 4.68. The van der Waals surface area contributed by atoms with Crippen molar-refractivity contribution in [3.8, 4) is 0 Å². The minimum absolute atomic E-state index is 0.123. The third-order valence-electron chi connectivity index (χ3n) is 2.46. The molecule has 1 nitrogen and oxygen atoms in total. The molecule has 0 bridgehead atoms. The molecule has 1 unspecified atom stereocenters. The van der Waals surface area contributed by atoms with Gasteiger partial charge in [-0.25, -0.2) is 4.39 Å². The zero-order valence-corrected chi connectivity index (χ0v) is 13.8. The average Bonchev–Trinajstić information content (AvgIpc) is 2.13. The molecule has 4 heteroatoms. The standard InChI is InChI=1S/C13H20BrFOSi/c1-13(2,3)12(16-17(4)5)11-9(14)7-6-8-10(11)15/h6-8,12,17H,1-5H3. The van der Waals surface area contributed by atoms with Crippen molar-refractivity contribution >= 4 is 25.0 Å². The quantitative estimate of drug-likeness (QED) is 0.735.